The molecule has 0 amide bonds. The minimum absolute atomic E-state index is 0.456. The van der Waals surface area contributed by atoms with Gasteiger partial charge in [-0.15, -0.1) is 0 Å². The smallest absolute Gasteiger partial charge is 0.0303 e. The van der Waals surface area contributed by atoms with E-state index in [0.29, 0.717) is 16.8 Å². The molecule has 2 nitrogen and oxygen atoms in total. The Morgan fingerprint density at radius 1 is 1.43 bits per heavy atom. The largest absolute Gasteiger partial charge is 0.313 e. The van der Waals surface area contributed by atoms with E-state index in [-0.39, 0.29) is 0 Å². The zero-order valence-corrected chi connectivity index (χ0v) is 10.3. The molecule has 2 aliphatic heterocycles. The fourth-order valence-electron chi connectivity index (χ4n) is 2.28. The third-order valence-electron chi connectivity index (χ3n) is 3.64. The second kappa shape index (κ2) is 4.03. The quantitative estimate of drug-likeness (QED) is 0.730. The fraction of sp³-hybridized carbons (Fsp3) is 1.00. The number of thioether (sulfide) groups is 1. The van der Waals surface area contributed by atoms with Crippen molar-refractivity contribution in [2.24, 2.45) is 0 Å². The lowest BCUT2D eigenvalue weighted by Crippen LogP contribution is -2.62. The molecule has 0 aromatic heterocycles. The van der Waals surface area contributed by atoms with Crippen LogP contribution >= 0.6 is 11.8 Å². The van der Waals surface area contributed by atoms with Crippen molar-refractivity contribution < 1.29 is 0 Å². The maximum absolute atomic E-state index is 3.81. The molecule has 3 atom stereocenters. The molecule has 0 radical (unpaired) electrons. The van der Waals surface area contributed by atoms with E-state index in [2.05, 4.69) is 43.2 Å². The summed E-state index contributed by atoms with van der Waals surface area (Å²) in [5.74, 6) is 1.29. The van der Waals surface area contributed by atoms with E-state index in [9.17, 15) is 0 Å². The van der Waals surface area contributed by atoms with Crippen LogP contribution in [0.5, 0.6) is 0 Å². The molecule has 0 aromatic carbocycles. The zero-order chi connectivity index (χ0) is 10.2. The van der Waals surface area contributed by atoms with Crippen molar-refractivity contribution in [2.45, 2.75) is 56.5 Å². The Morgan fingerprint density at radius 2 is 2.21 bits per heavy atom. The molecule has 0 bridgehead atoms. The van der Waals surface area contributed by atoms with Gasteiger partial charge in [-0.3, -0.25) is 0 Å². The summed E-state index contributed by atoms with van der Waals surface area (Å²) in [5.41, 5.74) is 0. The van der Waals surface area contributed by atoms with Crippen molar-refractivity contribution in [3.8, 4) is 0 Å². The van der Waals surface area contributed by atoms with Crippen LogP contribution in [-0.4, -0.2) is 35.2 Å². The highest BCUT2D eigenvalue weighted by molar-refractivity contribution is 8.02. The summed E-state index contributed by atoms with van der Waals surface area (Å²) in [6, 6.07) is 2.05. The molecule has 0 aliphatic carbocycles. The highest BCUT2D eigenvalue weighted by Crippen LogP contribution is 2.40. The van der Waals surface area contributed by atoms with Crippen molar-refractivity contribution in [3.63, 3.8) is 0 Å². The molecule has 2 N–H and O–H groups in total. The Morgan fingerprint density at radius 3 is 2.71 bits per heavy atom. The zero-order valence-electron chi connectivity index (χ0n) is 9.47. The molecular weight excluding hydrogens is 192 g/mol. The summed E-state index contributed by atoms with van der Waals surface area (Å²) in [6.07, 6.45) is 2.66. The Balaban J connectivity index is 1.84. The van der Waals surface area contributed by atoms with Crippen LogP contribution in [0, 0.1) is 0 Å². The highest BCUT2D eigenvalue weighted by Gasteiger charge is 2.41. The van der Waals surface area contributed by atoms with Gasteiger partial charge in [0.05, 0.1) is 0 Å². The van der Waals surface area contributed by atoms with Crippen LogP contribution in [0.3, 0.4) is 0 Å². The van der Waals surface area contributed by atoms with Crippen LogP contribution in [0.4, 0.5) is 0 Å². The molecule has 0 spiro atoms. The Hall–Kier alpha value is 0.270. The molecule has 2 rings (SSSR count). The number of rotatable bonds is 2. The van der Waals surface area contributed by atoms with Crippen LogP contribution in [0.2, 0.25) is 0 Å². The summed E-state index contributed by atoms with van der Waals surface area (Å²) >= 11 is 2.08. The first-order valence-electron chi connectivity index (χ1n) is 5.73. The number of hydrogen-bond donors (Lipinski definition) is 2. The molecule has 14 heavy (non-hydrogen) atoms. The van der Waals surface area contributed by atoms with Gasteiger partial charge in [0.25, 0.3) is 0 Å². The SMILES string of the molecule is CC1NCCCC1NC1CSC1(C)C. The normalized spacial score (nSPS) is 41.8. The Bertz CT molecular complexity index is 205. The number of hydrogen-bond acceptors (Lipinski definition) is 3. The molecule has 0 aromatic rings. The van der Waals surface area contributed by atoms with E-state index in [0.717, 1.165) is 6.04 Å². The van der Waals surface area contributed by atoms with E-state index in [1.807, 2.05) is 0 Å². The first kappa shape index (κ1) is 10.8. The summed E-state index contributed by atoms with van der Waals surface area (Å²) in [4.78, 5) is 0. The molecule has 82 valence electrons. The summed E-state index contributed by atoms with van der Waals surface area (Å²) < 4.78 is 0.456. The van der Waals surface area contributed by atoms with E-state index in [1.54, 1.807) is 0 Å². The van der Waals surface area contributed by atoms with Crippen molar-refractivity contribution in [3.05, 3.63) is 0 Å². The summed E-state index contributed by atoms with van der Waals surface area (Å²) in [7, 11) is 0. The van der Waals surface area contributed by atoms with Gasteiger partial charge in [0.1, 0.15) is 0 Å². The van der Waals surface area contributed by atoms with E-state index in [1.165, 1.54) is 25.1 Å². The predicted octanol–water partition coefficient (Wildman–Crippen LogP) is 1.61. The van der Waals surface area contributed by atoms with Crippen LogP contribution in [-0.2, 0) is 0 Å². The topological polar surface area (TPSA) is 24.1 Å². The van der Waals surface area contributed by atoms with E-state index < -0.39 is 0 Å². The van der Waals surface area contributed by atoms with Gasteiger partial charge in [0.15, 0.2) is 0 Å². The molecule has 3 heteroatoms. The minimum atomic E-state index is 0.456. The van der Waals surface area contributed by atoms with Crippen LogP contribution in [0.15, 0.2) is 0 Å². The van der Waals surface area contributed by atoms with Crippen LogP contribution in [0.25, 0.3) is 0 Å². The third-order valence-corrected chi connectivity index (χ3v) is 5.17. The van der Waals surface area contributed by atoms with Crippen molar-refractivity contribution in [1.29, 1.82) is 0 Å². The maximum Gasteiger partial charge on any atom is 0.0303 e. The van der Waals surface area contributed by atoms with E-state index in [4.69, 9.17) is 0 Å². The van der Waals surface area contributed by atoms with Gasteiger partial charge >= 0.3 is 0 Å². The maximum atomic E-state index is 3.81. The van der Waals surface area contributed by atoms with E-state index >= 15 is 0 Å². The standard InChI is InChI=1S/C11H22N2S/c1-8-9(5-4-6-12-8)13-10-7-14-11(10,2)3/h8-10,12-13H,4-7H2,1-3H3. The summed E-state index contributed by atoms with van der Waals surface area (Å²) in [5, 5.41) is 7.36. The first-order chi connectivity index (χ1) is 6.59. The van der Waals surface area contributed by atoms with Gasteiger partial charge in [0, 0.05) is 28.6 Å². The minimum Gasteiger partial charge on any atom is -0.313 e. The molecule has 2 heterocycles. The Labute approximate surface area is 91.6 Å². The summed E-state index contributed by atoms with van der Waals surface area (Å²) in [6.45, 7) is 8.19. The predicted molar refractivity (Wildman–Crippen MR) is 63.9 cm³/mol. The Kier molecular flexibility index (Phi) is 3.10. The van der Waals surface area contributed by atoms with Gasteiger partial charge in [-0.05, 0) is 40.2 Å². The molecule has 2 aliphatic rings. The lowest BCUT2D eigenvalue weighted by Gasteiger charge is -2.47. The monoisotopic (exact) mass is 214 g/mol. The number of piperidine rings is 1. The molecular formula is C11H22N2S. The highest BCUT2D eigenvalue weighted by atomic mass is 32.2. The second-order valence-electron chi connectivity index (χ2n) is 5.13. The third kappa shape index (κ3) is 2.10. The molecule has 0 saturated carbocycles. The molecule has 3 unspecified atom stereocenters. The van der Waals surface area contributed by atoms with Gasteiger partial charge in [0.2, 0.25) is 0 Å². The lowest BCUT2D eigenvalue weighted by molar-refractivity contribution is 0.275. The van der Waals surface area contributed by atoms with Crippen LogP contribution < -0.4 is 10.6 Å². The van der Waals surface area contributed by atoms with Gasteiger partial charge in [-0.25, -0.2) is 0 Å². The second-order valence-corrected chi connectivity index (χ2v) is 6.80. The van der Waals surface area contributed by atoms with Gasteiger partial charge in [-0.2, -0.15) is 11.8 Å². The first-order valence-corrected chi connectivity index (χ1v) is 6.71. The molecule has 2 saturated heterocycles. The van der Waals surface area contributed by atoms with Crippen LogP contribution in [0.1, 0.15) is 33.6 Å². The van der Waals surface area contributed by atoms with Gasteiger partial charge in [-0.1, -0.05) is 0 Å². The number of nitrogens with one attached hydrogen (secondary N) is 2. The van der Waals surface area contributed by atoms with Gasteiger partial charge < -0.3 is 10.6 Å². The average Bonchev–Trinajstić information content (AvgIpc) is 2.15. The van der Waals surface area contributed by atoms with Crippen molar-refractivity contribution >= 4 is 11.8 Å². The lowest BCUT2D eigenvalue weighted by atomic mass is 9.96. The van der Waals surface area contributed by atoms with Crippen molar-refractivity contribution in [2.75, 3.05) is 12.3 Å². The van der Waals surface area contributed by atoms with Crippen molar-refractivity contribution in [1.82, 2.24) is 10.6 Å². The average molecular weight is 214 g/mol. The molecule has 2 fully saturated rings. The fourth-order valence-corrected chi connectivity index (χ4v) is 3.44.